The van der Waals surface area contributed by atoms with Crippen LogP contribution in [-0.4, -0.2) is 29.3 Å². The predicted octanol–water partition coefficient (Wildman–Crippen LogP) is 1.93. The van der Waals surface area contributed by atoms with Gasteiger partial charge < -0.3 is 10.4 Å². The second-order valence-corrected chi connectivity index (χ2v) is 4.75. The Hall–Kier alpha value is -0.930. The Labute approximate surface area is 98.9 Å². The quantitative estimate of drug-likeness (QED) is 0.824. The number of nitrogens with zero attached hydrogens (tertiary/aromatic N) is 1. The van der Waals surface area contributed by atoms with E-state index >= 15 is 0 Å². The van der Waals surface area contributed by atoms with Gasteiger partial charge in [0, 0.05) is 37.5 Å². The summed E-state index contributed by atoms with van der Waals surface area (Å²) in [6.45, 7) is 9.57. The number of nitrogens with one attached hydrogen (secondary N) is 1. The second kappa shape index (κ2) is 7.36. The molecule has 1 aromatic rings. The van der Waals surface area contributed by atoms with Gasteiger partial charge in [-0.2, -0.15) is 0 Å². The zero-order valence-corrected chi connectivity index (χ0v) is 11.0. The molecule has 0 aliphatic heterocycles. The van der Waals surface area contributed by atoms with Crippen LogP contribution >= 0.6 is 0 Å². The van der Waals surface area contributed by atoms with E-state index in [1.807, 2.05) is 6.20 Å². The average Bonchev–Trinajstić information content (AvgIpc) is 2.22. The van der Waals surface area contributed by atoms with Crippen molar-refractivity contribution < 1.29 is 5.11 Å². The summed E-state index contributed by atoms with van der Waals surface area (Å²) in [5.41, 5.74) is 2.58. The summed E-state index contributed by atoms with van der Waals surface area (Å²) in [4.78, 5) is 4.36. The number of hydrogen-bond acceptors (Lipinski definition) is 3. The van der Waals surface area contributed by atoms with Crippen LogP contribution in [0.15, 0.2) is 18.3 Å². The van der Waals surface area contributed by atoms with Gasteiger partial charge in [-0.1, -0.05) is 6.07 Å². The lowest BCUT2D eigenvalue weighted by atomic mass is 10.1. The number of aromatic nitrogens is 1. The third kappa shape index (κ3) is 7.37. The first kappa shape index (κ1) is 15.1. The van der Waals surface area contributed by atoms with Gasteiger partial charge in [0.05, 0.1) is 0 Å². The van der Waals surface area contributed by atoms with Crippen LogP contribution in [0.3, 0.4) is 0 Å². The molecule has 0 saturated carbocycles. The van der Waals surface area contributed by atoms with Crippen molar-refractivity contribution in [2.24, 2.45) is 0 Å². The molecule has 3 heteroatoms. The Morgan fingerprint density at radius 2 is 1.88 bits per heavy atom. The molecule has 0 aromatic carbocycles. The molecular weight excluding hydrogens is 200 g/mol. The van der Waals surface area contributed by atoms with E-state index in [0.717, 1.165) is 25.8 Å². The van der Waals surface area contributed by atoms with Crippen LogP contribution < -0.4 is 5.32 Å². The molecule has 0 aliphatic rings. The molecule has 0 spiro atoms. The minimum absolute atomic E-state index is 0.199. The smallest absolute Gasteiger partial charge is 0.0416 e. The van der Waals surface area contributed by atoms with Crippen LogP contribution in [0, 0.1) is 6.92 Å². The first-order chi connectivity index (χ1) is 7.47. The van der Waals surface area contributed by atoms with Gasteiger partial charge in [-0.15, -0.1) is 0 Å². The molecule has 0 fully saturated rings. The molecule has 0 unspecified atom stereocenters. The summed E-state index contributed by atoms with van der Waals surface area (Å²) in [6.07, 6.45) is 2.92. The lowest BCUT2D eigenvalue weighted by molar-refractivity contribution is 0.399. The third-order valence-electron chi connectivity index (χ3n) is 2.01. The first-order valence-corrected chi connectivity index (χ1v) is 5.59. The number of aliphatic hydroxyl groups is 1. The Kier molecular flexibility index (Phi) is 6.93. The SMILES string of the molecule is CO.Cc1ccc(CCNC(C)(C)C)nc1. The molecule has 0 radical (unpaired) electrons. The zero-order chi connectivity index (χ0) is 12.6. The second-order valence-electron chi connectivity index (χ2n) is 4.75. The highest BCUT2D eigenvalue weighted by molar-refractivity contribution is 5.12. The van der Waals surface area contributed by atoms with Crippen molar-refractivity contribution >= 4 is 0 Å². The van der Waals surface area contributed by atoms with Crippen LogP contribution in [0.2, 0.25) is 0 Å². The number of aliphatic hydroxyl groups excluding tert-OH is 1. The number of hydrogen-bond donors (Lipinski definition) is 2. The van der Waals surface area contributed by atoms with Gasteiger partial charge in [0.25, 0.3) is 0 Å². The summed E-state index contributed by atoms with van der Waals surface area (Å²) >= 11 is 0. The van der Waals surface area contributed by atoms with Crippen LogP contribution in [0.1, 0.15) is 32.0 Å². The Morgan fingerprint density at radius 3 is 2.31 bits per heavy atom. The van der Waals surface area contributed by atoms with Gasteiger partial charge in [0.15, 0.2) is 0 Å². The van der Waals surface area contributed by atoms with Gasteiger partial charge in [-0.25, -0.2) is 0 Å². The molecule has 0 saturated heterocycles. The molecule has 0 bridgehead atoms. The minimum Gasteiger partial charge on any atom is -0.400 e. The monoisotopic (exact) mass is 224 g/mol. The summed E-state index contributed by atoms with van der Waals surface area (Å²) in [5, 5.41) is 10.4. The normalized spacial score (nSPS) is 10.6. The molecule has 0 aliphatic carbocycles. The Bertz CT molecular complexity index is 275. The summed E-state index contributed by atoms with van der Waals surface area (Å²) in [5.74, 6) is 0. The fraction of sp³-hybridized carbons (Fsp3) is 0.615. The maximum absolute atomic E-state index is 7.00. The highest BCUT2D eigenvalue weighted by Gasteiger charge is 2.07. The van der Waals surface area contributed by atoms with Gasteiger partial charge in [-0.05, 0) is 39.3 Å². The standard InChI is InChI=1S/C12H20N2.CH4O/c1-10-5-6-11(13-9-10)7-8-14-12(2,3)4;1-2/h5-6,9,14H,7-8H2,1-4H3;2H,1H3. The van der Waals surface area contributed by atoms with Crippen molar-refractivity contribution in [3.05, 3.63) is 29.6 Å². The molecule has 16 heavy (non-hydrogen) atoms. The first-order valence-electron chi connectivity index (χ1n) is 5.59. The lowest BCUT2D eigenvalue weighted by Crippen LogP contribution is -2.37. The van der Waals surface area contributed by atoms with E-state index in [1.54, 1.807) is 0 Å². The van der Waals surface area contributed by atoms with E-state index in [-0.39, 0.29) is 5.54 Å². The Balaban J connectivity index is 0.00000106. The summed E-state index contributed by atoms with van der Waals surface area (Å²) in [7, 11) is 1.00. The van der Waals surface area contributed by atoms with E-state index in [0.29, 0.717) is 0 Å². The fourth-order valence-electron chi connectivity index (χ4n) is 1.21. The van der Waals surface area contributed by atoms with Gasteiger partial charge in [0.1, 0.15) is 0 Å². The van der Waals surface area contributed by atoms with E-state index in [9.17, 15) is 0 Å². The van der Waals surface area contributed by atoms with Gasteiger partial charge in [0.2, 0.25) is 0 Å². The third-order valence-corrected chi connectivity index (χ3v) is 2.01. The molecule has 1 aromatic heterocycles. The van der Waals surface area contributed by atoms with Gasteiger partial charge >= 0.3 is 0 Å². The van der Waals surface area contributed by atoms with Crippen LogP contribution in [0.5, 0.6) is 0 Å². The van der Waals surface area contributed by atoms with Crippen LogP contribution in [0.25, 0.3) is 0 Å². The molecule has 3 nitrogen and oxygen atoms in total. The maximum atomic E-state index is 7.00. The van der Waals surface area contributed by atoms with Crippen molar-refractivity contribution in [2.75, 3.05) is 13.7 Å². The summed E-state index contributed by atoms with van der Waals surface area (Å²) < 4.78 is 0. The summed E-state index contributed by atoms with van der Waals surface area (Å²) in [6, 6.07) is 4.21. The molecule has 1 heterocycles. The van der Waals surface area contributed by atoms with E-state index in [4.69, 9.17) is 5.11 Å². The average molecular weight is 224 g/mol. The number of rotatable bonds is 3. The van der Waals surface area contributed by atoms with Crippen molar-refractivity contribution in [1.29, 1.82) is 0 Å². The van der Waals surface area contributed by atoms with Gasteiger partial charge in [-0.3, -0.25) is 4.98 Å². The van der Waals surface area contributed by atoms with Crippen molar-refractivity contribution in [3.8, 4) is 0 Å². The predicted molar refractivity (Wildman–Crippen MR) is 68.6 cm³/mol. The molecule has 0 atom stereocenters. The highest BCUT2D eigenvalue weighted by atomic mass is 16.2. The molecule has 1 rings (SSSR count). The zero-order valence-electron chi connectivity index (χ0n) is 11.0. The van der Waals surface area contributed by atoms with E-state index in [1.165, 1.54) is 5.56 Å². The van der Waals surface area contributed by atoms with Crippen molar-refractivity contribution in [3.63, 3.8) is 0 Å². The van der Waals surface area contributed by atoms with Crippen molar-refractivity contribution in [1.82, 2.24) is 10.3 Å². The fourth-order valence-corrected chi connectivity index (χ4v) is 1.21. The molecule has 0 amide bonds. The lowest BCUT2D eigenvalue weighted by Gasteiger charge is -2.20. The van der Waals surface area contributed by atoms with Crippen LogP contribution in [-0.2, 0) is 6.42 Å². The number of pyridine rings is 1. The van der Waals surface area contributed by atoms with E-state index < -0.39 is 0 Å². The largest absolute Gasteiger partial charge is 0.400 e. The Morgan fingerprint density at radius 1 is 1.25 bits per heavy atom. The topological polar surface area (TPSA) is 45.1 Å². The minimum atomic E-state index is 0.199. The molecular formula is C13H24N2O. The highest BCUT2D eigenvalue weighted by Crippen LogP contribution is 2.01. The maximum Gasteiger partial charge on any atom is 0.0416 e. The number of aryl methyl sites for hydroxylation is 1. The molecule has 92 valence electrons. The molecule has 2 N–H and O–H groups in total. The van der Waals surface area contributed by atoms with E-state index in [2.05, 4.69) is 50.1 Å². The van der Waals surface area contributed by atoms with Crippen molar-refractivity contribution in [2.45, 2.75) is 39.7 Å². The van der Waals surface area contributed by atoms with Crippen LogP contribution in [0.4, 0.5) is 0 Å².